The minimum Gasteiger partial charge on any atom is -0.388 e. The van der Waals surface area contributed by atoms with Gasteiger partial charge >= 0.3 is 0 Å². The highest BCUT2D eigenvalue weighted by atomic mass is 35.5. The number of halogens is 4. The van der Waals surface area contributed by atoms with E-state index in [4.69, 9.17) is 28.5 Å². The van der Waals surface area contributed by atoms with Crippen LogP contribution in [0.5, 0.6) is 5.75 Å². The van der Waals surface area contributed by atoms with E-state index >= 15 is 0 Å². The zero-order chi connectivity index (χ0) is 13.8. The number of rotatable bonds is 5. The van der Waals surface area contributed by atoms with Crippen molar-refractivity contribution in [1.82, 2.24) is 0 Å². The van der Waals surface area contributed by atoms with Gasteiger partial charge in [-0.3, -0.25) is 0 Å². The Morgan fingerprint density at radius 3 is 2.50 bits per heavy atom. The van der Waals surface area contributed by atoms with Gasteiger partial charge in [0.1, 0.15) is 12.4 Å². The van der Waals surface area contributed by atoms with Crippen molar-refractivity contribution in [1.29, 1.82) is 5.26 Å². The molecule has 98 valence electrons. The molecule has 0 aliphatic rings. The summed E-state index contributed by atoms with van der Waals surface area (Å²) in [6.45, 7) is -0.737. The Bertz CT molecular complexity index is 475. The number of hydrogen-bond acceptors (Lipinski definition) is 3. The zero-order valence-electron chi connectivity index (χ0n) is 9.34. The second kappa shape index (κ2) is 6.19. The molecule has 0 heterocycles. The lowest BCUT2D eigenvalue weighted by atomic mass is 10.1. The lowest BCUT2D eigenvalue weighted by Crippen LogP contribution is -2.26. The van der Waals surface area contributed by atoms with Crippen LogP contribution in [0, 0.1) is 11.5 Å². The molecule has 0 aliphatic carbocycles. The van der Waals surface area contributed by atoms with E-state index < -0.39 is 19.0 Å². The number of alkyl halides is 2. The van der Waals surface area contributed by atoms with E-state index in [1.54, 1.807) is 0 Å². The third-order valence-corrected chi connectivity index (χ3v) is 2.79. The van der Waals surface area contributed by atoms with Gasteiger partial charge in [0.05, 0.1) is 10.0 Å². The van der Waals surface area contributed by atoms with Crippen LogP contribution >= 0.6 is 23.2 Å². The molecule has 1 aromatic rings. The maximum absolute atomic E-state index is 13.4. The van der Waals surface area contributed by atoms with Crippen molar-refractivity contribution in [3.8, 4) is 12.0 Å². The summed E-state index contributed by atoms with van der Waals surface area (Å²) >= 11 is 11.5. The van der Waals surface area contributed by atoms with Crippen LogP contribution in [0.2, 0.25) is 10.0 Å². The zero-order valence-corrected chi connectivity index (χ0v) is 10.9. The van der Waals surface area contributed by atoms with Gasteiger partial charge in [-0.1, -0.05) is 23.2 Å². The number of benzene rings is 1. The van der Waals surface area contributed by atoms with Gasteiger partial charge in [-0.05, 0) is 6.07 Å². The molecule has 0 radical (unpaired) electrons. The van der Waals surface area contributed by atoms with Gasteiger partial charge in [0, 0.05) is 25.2 Å². The van der Waals surface area contributed by atoms with Crippen molar-refractivity contribution >= 4 is 23.2 Å². The summed E-state index contributed by atoms with van der Waals surface area (Å²) in [7, 11) is 1.18. The molecule has 0 spiro atoms. The number of hydrogen-bond donors (Lipinski definition) is 0. The van der Waals surface area contributed by atoms with Gasteiger partial charge in [-0.15, -0.1) is 5.26 Å². The Balaban J connectivity index is 3.07. The summed E-state index contributed by atoms with van der Waals surface area (Å²) in [6.07, 6.45) is 0.753. The summed E-state index contributed by atoms with van der Waals surface area (Å²) in [5, 5.41) is 8.69. The standard InChI is InChI=1S/C11H9Cl2F2NO2/c1-17-5-11(14,15)4-7-2-8(12)9(13)3-10(7)18-6-16/h2-3H,4-5H2,1H3. The topological polar surface area (TPSA) is 42.2 Å². The van der Waals surface area contributed by atoms with Gasteiger partial charge in [-0.2, -0.15) is 0 Å². The molecular weight excluding hydrogens is 287 g/mol. The van der Waals surface area contributed by atoms with E-state index in [1.807, 2.05) is 0 Å². The summed E-state index contributed by atoms with van der Waals surface area (Å²) in [5.74, 6) is -3.12. The SMILES string of the molecule is COCC(F)(F)Cc1cc(Cl)c(Cl)cc1OC#N. The maximum atomic E-state index is 13.4. The number of nitriles is 1. The van der Waals surface area contributed by atoms with Crippen LogP contribution in [0.4, 0.5) is 8.78 Å². The van der Waals surface area contributed by atoms with Crippen LogP contribution in [0.15, 0.2) is 12.1 Å². The monoisotopic (exact) mass is 295 g/mol. The Kier molecular flexibility index (Phi) is 5.15. The van der Waals surface area contributed by atoms with Gasteiger partial charge in [0.25, 0.3) is 12.2 Å². The molecule has 0 atom stereocenters. The molecule has 0 bridgehead atoms. The maximum Gasteiger partial charge on any atom is 0.292 e. The number of ether oxygens (including phenoxy) is 2. The van der Waals surface area contributed by atoms with Crippen molar-refractivity contribution in [2.24, 2.45) is 0 Å². The van der Waals surface area contributed by atoms with E-state index in [0.717, 1.165) is 0 Å². The smallest absolute Gasteiger partial charge is 0.292 e. The van der Waals surface area contributed by atoms with E-state index in [0.29, 0.717) is 0 Å². The first kappa shape index (κ1) is 15.0. The van der Waals surface area contributed by atoms with Crippen molar-refractivity contribution < 1.29 is 18.3 Å². The molecule has 0 fully saturated rings. The Labute approximate surface area is 113 Å². The lowest BCUT2D eigenvalue weighted by Gasteiger charge is -2.17. The van der Waals surface area contributed by atoms with Gasteiger partial charge in [0.2, 0.25) is 0 Å². The lowest BCUT2D eigenvalue weighted by molar-refractivity contribution is -0.0632. The predicted molar refractivity (Wildman–Crippen MR) is 63.2 cm³/mol. The fraction of sp³-hybridized carbons (Fsp3) is 0.364. The molecule has 1 aromatic carbocycles. The average molecular weight is 296 g/mol. The Morgan fingerprint density at radius 2 is 1.94 bits per heavy atom. The molecule has 7 heteroatoms. The number of methoxy groups -OCH3 is 1. The van der Waals surface area contributed by atoms with E-state index in [-0.39, 0.29) is 21.4 Å². The normalized spacial score (nSPS) is 11.1. The quantitative estimate of drug-likeness (QED) is 0.778. The third kappa shape index (κ3) is 3.98. The van der Waals surface area contributed by atoms with Crippen LogP contribution in [-0.4, -0.2) is 19.6 Å². The van der Waals surface area contributed by atoms with Gasteiger partial charge < -0.3 is 9.47 Å². The molecule has 0 N–H and O–H groups in total. The minimum absolute atomic E-state index is 0.0392. The largest absolute Gasteiger partial charge is 0.388 e. The van der Waals surface area contributed by atoms with E-state index in [2.05, 4.69) is 9.47 Å². The predicted octanol–water partition coefficient (Wildman–Crippen LogP) is 3.68. The number of nitrogens with zero attached hydrogens (tertiary/aromatic N) is 1. The summed E-state index contributed by atoms with van der Waals surface area (Å²) in [6, 6.07) is 2.48. The Hall–Kier alpha value is -1.09. The molecule has 18 heavy (non-hydrogen) atoms. The molecule has 1 rings (SSSR count). The summed E-state index contributed by atoms with van der Waals surface area (Å²) in [5.41, 5.74) is 0.0907. The molecule has 0 aromatic heterocycles. The van der Waals surface area contributed by atoms with Gasteiger partial charge in [-0.25, -0.2) is 8.78 Å². The fourth-order valence-corrected chi connectivity index (χ4v) is 1.73. The molecular formula is C11H9Cl2F2NO2. The highest BCUT2D eigenvalue weighted by Gasteiger charge is 2.31. The van der Waals surface area contributed by atoms with Crippen LogP contribution in [-0.2, 0) is 11.2 Å². The highest BCUT2D eigenvalue weighted by molar-refractivity contribution is 6.42. The van der Waals surface area contributed by atoms with Crippen LogP contribution in [0.1, 0.15) is 5.56 Å². The fourth-order valence-electron chi connectivity index (χ4n) is 1.39. The second-order valence-electron chi connectivity index (χ2n) is 3.53. The van der Waals surface area contributed by atoms with Crippen molar-refractivity contribution in [2.75, 3.05) is 13.7 Å². The molecule has 0 saturated carbocycles. The first-order valence-corrected chi connectivity index (χ1v) is 5.56. The second-order valence-corrected chi connectivity index (χ2v) is 4.35. The van der Waals surface area contributed by atoms with Crippen molar-refractivity contribution in [3.63, 3.8) is 0 Å². The third-order valence-electron chi connectivity index (χ3n) is 2.06. The Morgan fingerprint density at radius 1 is 1.33 bits per heavy atom. The van der Waals surface area contributed by atoms with E-state index in [1.165, 1.54) is 25.5 Å². The highest BCUT2D eigenvalue weighted by Crippen LogP contribution is 2.34. The van der Waals surface area contributed by atoms with Crippen LogP contribution < -0.4 is 4.74 Å². The van der Waals surface area contributed by atoms with Gasteiger partial charge in [0.15, 0.2) is 0 Å². The van der Waals surface area contributed by atoms with Crippen molar-refractivity contribution in [2.45, 2.75) is 12.3 Å². The average Bonchev–Trinajstić information content (AvgIpc) is 2.25. The minimum atomic E-state index is -3.08. The molecule has 0 aliphatic heterocycles. The molecule has 0 unspecified atom stereocenters. The van der Waals surface area contributed by atoms with E-state index in [9.17, 15) is 8.78 Å². The molecule has 3 nitrogen and oxygen atoms in total. The first-order valence-electron chi connectivity index (χ1n) is 4.80. The summed E-state index contributed by atoms with van der Waals surface area (Å²) in [4.78, 5) is 0. The van der Waals surface area contributed by atoms with Crippen LogP contribution in [0.25, 0.3) is 0 Å². The first-order chi connectivity index (χ1) is 8.39. The summed E-state index contributed by atoms with van der Waals surface area (Å²) < 4.78 is 35.8. The van der Waals surface area contributed by atoms with Crippen LogP contribution in [0.3, 0.4) is 0 Å². The molecule has 0 amide bonds. The molecule has 0 saturated heterocycles. The van der Waals surface area contributed by atoms with Crippen molar-refractivity contribution in [3.05, 3.63) is 27.7 Å².